The van der Waals surface area contributed by atoms with Gasteiger partial charge in [-0.2, -0.15) is 12.1 Å². The number of benzene rings is 1. The number of hydrogen-bond donors (Lipinski definition) is 0. The van der Waals surface area contributed by atoms with Crippen LogP contribution in [0.5, 0.6) is 5.75 Å². The van der Waals surface area contributed by atoms with Gasteiger partial charge in [-0.25, -0.2) is 0 Å². The Hall–Kier alpha value is -2.55. The third-order valence-electron chi connectivity index (χ3n) is 3.51. The van der Waals surface area contributed by atoms with Crippen molar-refractivity contribution in [3.05, 3.63) is 89.1 Å². The third-order valence-corrected chi connectivity index (χ3v) is 3.51. The summed E-state index contributed by atoms with van der Waals surface area (Å²) in [6.07, 6.45) is 0. The minimum atomic E-state index is -0.0412. The van der Waals surface area contributed by atoms with E-state index in [1.54, 1.807) is 18.2 Å². The Morgan fingerprint density at radius 1 is 1.04 bits per heavy atom. The Bertz CT molecular complexity index is 918. The first-order valence-electron chi connectivity index (χ1n) is 7.87. The van der Waals surface area contributed by atoms with Gasteiger partial charge in [-0.05, 0) is 25.1 Å². The molecule has 0 saturated heterocycles. The van der Waals surface area contributed by atoms with Crippen LogP contribution in [0, 0.1) is 0 Å². The van der Waals surface area contributed by atoms with Crippen molar-refractivity contribution < 1.29 is 26.2 Å². The summed E-state index contributed by atoms with van der Waals surface area (Å²) in [5.41, 5.74) is 1.41. The summed E-state index contributed by atoms with van der Waals surface area (Å²) in [7, 11) is 0. The molecule has 4 aromatic rings. The van der Waals surface area contributed by atoms with E-state index in [1.807, 2.05) is 61.5 Å². The van der Waals surface area contributed by atoms with Crippen LogP contribution in [0.25, 0.3) is 22.3 Å². The fraction of sp³-hybridized carbons (Fsp3) is 0.0952. The standard InChI is InChI=1S/C16H13O3.C5H5.Fe/c1-2-18-12-7-8-13-14(17)10-15(19-16(13)9-12)11-5-3-4-6-11;1-2-4-5-3-1;/h3-10H,2H2,1H3;1-5H;/q-1;-5;. The quantitative estimate of drug-likeness (QED) is 0.375. The molecule has 0 saturated carbocycles. The van der Waals surface area contributed by atoms with Gasteiger partial charge in [0.1, 0.15) is 11.3 Å². The van der Waals surface area contributed by atoms with Crippen molar-refractivity contribution in [3.8, 4) is 17.1 Å². The molecule has 0 radical (unpaired) electrons. The van der Waals surface area contributed by atoms with Gasteiger partial charge in [0.05, 0.1) is 17.8 Å². The molecule has 0 aliphatic heterocycles. The molecule has 0 aliphatic carbocycles. The molecule has 0 bridgehead atoms. The number of rotatable bonds is 3. The molecule has 0 spiro atoms. The normalized spacial score (nSPS) is 9.80. The van der Waals surface area contributed by atoms with Crippen molar-refractivity contribution in [1.82, 2.24) is 0 Å². The van der Waals surface area contributed by atoms with Crippen LogP contribution in [-0.2, 0) is 17.1 Å². The predicted molar refractivity (Wildman–Crippen MR) is 96.7 cm³/mol. The number of ether oxygens (including phenoxy) is 1. The van der Waals surface area contributed by atoms with E-state index in [2.05, 4.69) is 0 Å². The summed E-state index contributed by atoms with van der Waals surface area (Å²) in [5.74, 6) is 1.29. The Kier molecular flexibility index (Phi) is 6.81. The van der Waals surface area contributed by atoms with Crippen molar-refractivity contribution in [2.75, 3.05) is 6.61 Å². The smallest absolute Gasteiger partial charge is 0.153 e. The van der Waals surface area contributed by atoms with Crippen molar-refractivity contribution in [2.45, 2.75) is 6.92 Å². The van der Waals surface area contributed by atoms with Crippen LogP contribution < -0.4 is 10.2 Å². The van der Waals surface area contributed by atoms with E-state index in [-0.39, 0.29) is 22.5 Å². The SMILES string of the molecule is CCOc1ccc2c(=O)cc(-[c-]3cccc3)oc2c1.[Fe].[cH-]1[cH-][cH-][cH-][cH-]1. The maximum atomic E-state index is 12.1. The van der Waals surface area contributed by atoms with E-state index in [1.165, 1.54) is 6.07 Å². The van der Waals surface area contributed by atoms with E-state index in [9.17, 15) is 4.79 Å². The predicted octanol–water partition coefficient (Wildman–Crippen LogP) is 4.98. The fourth-order valence-corrected chi connectivity index (χ4v) is 2.39. The van der Waals surface area contributed by atoms with E-state index in [0.717, 1.165) is 5.56 Å². The zero-order chi connectivity index (χ0) is 16.8. The van der Waals surface area contributed by atoms with Crippen molar-refractivity contribution >= 4 is 11.0 Å². The monoisotopic (exact) mass is 374 g/mol. The van der Waals surface area contributed by atoms with Crippen molar-refractivity contribution in [1.29, 1.82) is 0 Å². The molecule has 134 valence electrons. The first kappa shape index (κ1) is 18.8. The van der Waals surface area contributed by atoms with E-state index in [0.29, 0.717) is 29.1 Å². The molecule has 0 aliphatic rings. The Balaban J connectivity index is 0.000000325. The van der Waals surface area contributed by atoms with Gasteiger partial charge < -0.3 is 44.3 Å². The Morgan fingerprint density at radius 2 is 1.68 bits per heavy atom. The molecule has 0 unspecified atom stereocenters. The van der Waals surface area contributed by atoms with Crippen LogP contribution in [0.3, 0.4) is 0 Å². The Morgan fingerprint density at radius 3 is 2.28 bits per heavy atom. The third kappa shape index (κ3) is 4.72. The van der Waals surface area contributed by atoms with Crippen LogP contribution in [0.2, 0.25) is 0 Å². The number of fused-ring (bicyclic) bond motifs is 1. The fourth-order valence-electron chi connectivity index (χ4n) is 2.39. The summed E-state index contributed by atoms with van der Waals surface area (Å²) in [6.45, 7) is 2.50. The van der Waals surface area contributed by atoms with Gasteiger partial charge in [0, 0.05) is 23.1 Å². The summed E-state index contributed by atoms with van der Waals surface area (Å²) in [6, 6.07) is 24.5. The second kappa shape index (κ2) is 9.07. The molecule has 3 nitrogen and oxygen atoms in total. The van der Waals surface area contributed by atoms with E-state index >= 15 is 0 Å². The summed E-state index contributed by atoms with van der Waals surface area (Å²) in [4.78, 5) is 12.1. The molecule has 4 heteroatoms. The second-order valence-electron chi connectivity index (χ2n) is 5.20. The molecule has 4 rings (SSSR count). The molecule has 0 atom stereocenters. The molecule has 25 heavy (non-hydrogen) atoms. The maximum Gasteiger partial charge on any atom is 0.153 e. The summed E-state index contributed by atoms with van der Waals surface area (Å²) in [5, 5.41) is 0.568. The minimum Gasteiger partial charge on any atom is -0.748 e. The van der Waals surface area contributed by atoms with Gasteiger partial charge >= 0.3 is 0 Å². The van der Waals surface area contributed by atoms with Crippen LogP contribution in [0.15, 0.2) is 88.1 Å². The van der Waals surface area contributed by atoms with Crippen LogP contribution in [0.4, 0.5) is 0 Å². The van der Waals surface area contributed by atoms with Gasteiger partial charge in [0.2, 0.25) is 0 Å². The Labute approximate surface area is 157 Å². The van der Waals surface area contributed by atoms with Crippen molar-refractivity contribution in [2.24, 2.45) is 0 Å². The molecular formula is C21H18FeO3-6. The van der Waals surface area contributed by atoms with Crippen LogP contribution in [0.1, 0.15) is 6.92 Å². The van der Waals surface area contributed by atoms with E-state index < -0.39 is 0 Å². The first-order valence-corrected chi connectivity index (χ1v) is 7.87. The summed E-state index contributed by atoms with van der Waals surface area (Å²) < 4.78 is 11.2. The van der Waals surface area contributed by atoms with Crippen LogP contribution >= 0.6 is 0 Å². The van der Waals surface area contributed by atoms with Gasteiger partial charge in [0.25, 0.3) is 0 Å². The molecule has 3 aromatic carbocycles. The molecule has 1 aromatic heterocycles. The molecule has 1 heterocycles. The minimum absolute atomic E-state index is 0. The van der Waals surface area contributed by atoms with Gasteiger partial charge in [-0.1, -0.05) is 5.56 Å². The molecular weight excluding hydrogens is 356 g/mol. The summed E-state index contributed by atoms with van der Waals surface area (Å²) >= 11 is 0. The molecule has 0 amide bonds. The van der Waals surface area contributed by atoms with Crippen LogP contribution in [-0.4, -0.2) is 6.61 Å². The zero-order valence-electron chi connectivity index (χ0n) is 13.8. The zero-order valence-corrected chi connectivity index (χ0v) is 14.9. The maximum absolute atomic E-state index is 12.1. The molecule has 0 N–H and O–H groups in total. The van der Waals surface area contributed by atoms with Gasteiger partial charge in [0.15, 0.2) is 5.43 Å². The van der Waals surface area contributed by atoms with Gasteiger partial charge in [-0.3, -0.25) is 0 Å². The largest absolute Gasteiger partial charge is 0.748 e. The number of hydrogen-bond acceptors (Lipinski definition) is 3. The van der Waals surface area contributed by atoms with Gasteiger partial charge in [-0.15, -0.1) is 12.1 Å². The van der Waals surface area contributed by atoms with Crippen molar-refractivity contribution in [3.63, 3.8) is 0 Å². The second-order valence-corrected chi connectivity index (χ2v) is 5.20. The van der Waals surface area contributed by atoms with E-state index in [4.69, 9.17) is 9.15 Å². The topological polar surface area (TPSA) is 39.4 Å². The molecule has 0 fully saturated rings. The first-order chi connectivity index (χ1) is 11.8. The average molecular weight is 374 g/mol. The average Bonchev–Trinajstić information content (AvgIpc) is 3.31.